The minimum atomic E-state index is -0.486. The van der Waals surface area contributed by atoms with E-state index < -0.39 is 5.91 Å². The first-order valence-corrected chi connectivity index (χ1v) is 8.33. The van der Waals surface area contributed by atoms with Gasteiger partial charge in [-0.25, -0.2) is 0 Å². The Morgan fingerprint density at radius 1 is 1.21 bits per heavy atom. The minimum absolute atomic E-state index is 0. The van der Waals surface area contributed by atoms with Gasteiger partial charge in [0.1, 0.15) is 0 Å². The Morgan fingerprint density at radius 3 is 2.54 bits per heavy atom. The van der Waals surface area contributed by atoms with E-state index in [0.717, 1.165) is 44.1 Å². The number of amides is 2. The van der Waals surface area contributed by atoms with Crippen LogP contribution in [0.3, 0.4) is 0 Å². The van der Waals surface area contributed by atoms with Crippen LogP contribution in [0, 0.1) is 5.92 Å². The van der Waals surface area contributed by atoms with Gasteiger partial charge < -0.3 is 21.3 Å². The molecule has 1 aliphatic heterocycles. The zero-order valence-corrected chi connectivity index (χ0v) is 14.5. The van der Waals surface area contributed by atoms with E-state index in [2.05, 4.69) is 15.5 Å². The van der Waals surface area contributed by atoms with E-state index in [9.17, 15) is 9.59 Å². The van der Waals surface area contributed by atoms with Gasteiger partial charge in [-0.15, -0.1) is 12.4 Å². The van der Waals surface area contributed by atoms with Crippen LogP contribution in [0.25, 0.3) is 0 Å². The summed E-state index contributed by atoms with van der Waals surface area (Å²) < 4.78 is 0. The first-order valence-electron chi connectivity index (χ1n) is 8.33. The largest absolute Gasteiger partial charge is 0.370 e. The normalized spacial score (nSPS) is 16.6. The minimum Gasteiger partial charge on any atom is -0.370 e. The molecule has 0 aromatic heterocycles. The third kappa shape index (κ3) is 4.85. The van der Waals surface area contributed by atoms with Crippen LogP contribution in [-0.2, 0) is 4.79 Å². The van der Waals surface area contributed by atoms with Crippen LogP contribution in [0.15, 0.2) is 18.2 Å². The fourth-order valence-corrected chi connectivity index (χ4v) is 2.93. The zero-order chi connectivity index (χ0) is 16.2. The number of primary amides is 1. The van der Waals surface area contributed by atoms with Gasteiger partial charge in [0.2, 0.25) is 11.8 Å². The maximum Gasteiger partial charge on any atom is 0.248 e. The van der Waals surface area contributed by atoms with Crippen LogP contribution >= 0.6 is 12.4 Å². The second kappa shape index (κ2) is 8.35. The molecule has 4 N–H and O–H groups in total. The lowest BCUT2D eigenvalue weighted by molar-refractivity contribution is -0.115. The van der Waals surface area contributed by atoms with Crippen molar-refractivity contribution < 1.29 is 9.59 Å². The molecule has 0 atom stereocenters. The molecule has 1 heterocycles. The maximum absolute atomic E-state index is 12.2. The first-order chi connectivity index (χ1) is 11.1. The van der Waals surface area contributed by atoms with Crippen LogP contribution in [-0.4, -0.2) is 38.0 Å². The third-order valence-corrected chi connectivity index (χ3v) is 4.42. The van der Waals surface area contributed by atoms with E-state index in [-0.39, 0.29) is 24.9 Å². The number of carbonyl (C=O) groups excluding carboxylic acids is 2. The molecule has 2 fully saturated rings. The van der Waals surface area contributed by atoms with E-state index in [0.29, 0.717) is 11.3 Å². The lowest BCUT2D eigenvalue weighted by Crippen LogP contribution is -2.30. The van der Waals surface area contributed by atoms with Crippen molar-refractivity contribution in [2.24, 2.45) is 11.7 Å². The van der Waals surface area contributed by atoms with Crippen molar-refractivity contribution in [1.82, 2.24) is 5.32 Å². The van der Waals surface area contributed by atoms with E-state index in [4.69, 9.17) is 5.73 Å². The van der Waals surface area contributed by atoms with Crippen molar-refractivity contribution in [3.05, 3.63) is 23.8 Å². The van der Waals surface area contributed by atoms with Gasteiger partial charge in [-0.3, -0.25) is 9.59 Å². The molecule has 3 rings (SSSR count). The standard InChI is InChI=1S/C17H24N4O2.ClH/c18-17(23)13-5-6-15(21-7-1-2-8-21)14(9-13)20-16(22)11-19-10-12-3-4-12;/h5-6,9,12,19H,1-4,7-8,10-11H2,(H2,18,23)(H,20,22);1H. The van der Waals surface area contributed by atoms with Crippen LogP contribution in [0.1, 0.15) is 36.0 Å². The second-order valence-electron chi connectivity index (χ2n) is 6.41. The van der Waals surface area contributed by atoms with Gasteiger partial charge >= 0.3 is 0 Å². The van der Waals surface area contributed by atoms with E-state index in [1.807, 2.05) is 6.07 Å². The highest BCUT2D eigenvalue weighted by molar-refractivity contribution is 5.99. The Labute approximate surface area is 148 Å². The lowest BCUT2D eigenvalue weighted by Gasteiger charge is -2.22. The summed E-state index contributed by atoms with van der Waals surface area (Å²) in [7, 11) is 0. The van der Waals surface area contributed by atoms with E-state index in [1.54, 1.807) is 12.1 Å². The molecule has 0 bridgehead atoms. The van der Waals surface area contributed by atoms with E-state index >= 15 is 0 Å². The van der Waals surface area contributed by atoms with Crippen molar-refractivity contribution in [2.45, 2.75) is 25.7 Å². The summed E-state index contributed by atoms with van der Waals surface area (Å²) in [5.41, 5.74) is 7.40. The zero-order valence-electron chi connectivity index (χ0n) is 13.7. The van der Waals surface area contributed by atoms with Gasteiger partial charge in [-0.2, -0.15) is 0 Å². The molecule has 132 valence electrons. The number of hydrogen-bond acceptors (Lipinski definition) is 4. The van der Waals surface area contributed by atoms with Gasteiger partial charge in [-0.1, -0.05) is 0 Å². The number of nitrogens with zero attached hydrogens (tertiary/aromatic N) is 1. The highest BCUT2D eigenvalue weighted by Crippen LogP contribution is 2.30. The van der Waals surface area contributed by atoms with Crippen molar-refractivity contribution in [1.29, 1.82) is 0 Å². The number of benzene rings is 1. The first kappa shape index (κ1) is 18.5. The highest BCUT2D eigenvalue weighted by Gasteiger charge is 2.21. The summed E-state index contributed by atoms with van der Waals surface area (Å²) in [6.45, 7) is 3.13. The topological polar surface area (TPSA) is 87.5 Å². The third-order valence-electron chi connectivity index (χ3n) is 4.42. The van der Waals surface area contributed by atoms with Gasteiger partial charge in [0.05, 0.1) is 17.9 Å². The fraction of sp³-hybridized carbons (Fsp3) is 0.529. The Bertz CT molecular complexity index is 598. The van der Waals surface area contributed by atoms with Crippen LogP contribution in [0.2, 0.25) is 0 Å². The molecule has 0 unspecified atom stereocenters. The van der Waals surface area contributed by atoms with Crippen molar-refractivity contribution in [3.63, 3.8) is 0 Å². The molecule has 1 saturated heterocycles. The Morgan fingerprint density at radius 2 is 1.92 bits per heavy atom. The van der Waals surface area contributed by atoms with Crippen molar-refractivity contribution >= 4 is 35.6 Å². The van der Waals surface area contributed by atoms with Crippen LogP contribution in [0.5, 0.6) is 0 Å². The Kier molecular flexibility index (Phi) is 6.45. The SMILES string of the molecule is Cl.NC(=O)c1ccc(N2CCCC2)c(NC(=O)CNCC2CC2)c1. The summed E-state index contributed by atoms with van der Waals surface area (Å²) in [6, 6.07) is 5.27. The average Bonchev–Trinajstić information content (AvgIpc) is 3.18. The molecule has 1 aromatic rings. The number of anilines is 2. The molecule has 0 spiro atoms. The second-order valence-corrected chi connectivity index (χ2v) is 6.41. The number of hydrogen-bond donors (Lipinski definition) is 3. The Hall–Kier alpha value is -1.79. The van der Waals surface area contributed by atoms with Gasteiger partial charge in [0.15, 0.2) is 0 Å². The summed E-state index contributed by atoms with van der Waals surface area (Å²) >= 11 is 0. The van der Waals surface area contributed by atoms with Crippen LogP contribution in [0.4, 0.5) is 11.4 Å². The average molecular weight is 353 g/mol. The number of nitrogens with one attached hydrogen (secondary N) is 2. The predicted molar refractivity (Wildman–Crippen MR) is 97.9 cm³/mol. The molecule has 7 heteroatoms. The van der Waals surface area contributed by atoms with Crippen LogP contribution < -0.4 is 21.3 Å². The quantitative estimate of drug-likeness (QED) is 0.697. The Balaban J connectivity index is 0.00000208. The molecule has 0 radical (unpaired) electrons. The molecule has 1 saturated carbocycles. The highest BCUT2D eigenvalue weighted by atomic mass is 35.5. The summed E-state index contributed by atoms with van der Waals surface area (Å²) in [6.07, 6.45) is 4.81. The summed E-state index contributed by atoms with van der Waals surface area (Å²) in [4.78, 5) is 25.8. The van der Waals surface area contributed by atoms with Crippen molar-refractivity contribution in [3.8, 4) is 0 Å². The summed E-state index contributed by atoms with van der Waals surface area (Å²) in [5, 5.41) is 6.10. The van der Waals surface area contributed by atoms with Crippen molar-refractivity contribution in [2.75, 3.05) is 36.4 Å². The fourth-order valence-electron chi connectivity index (χ4n) is 2.93. The molecule has 2 amide bonds. The smallest absolute Gasteiger partial charge is 0.248 e. The molecule has 6 nitrogen and oxygen atoms in total. The number of rotatable bonds is 7. The lowest BCUT2D eigenvalue weighted by atomic mass is 10.1. The maximum atomic E-state index is 12.2. The molecular weight excluding hydrogens is 328 g/mol. The number of nitrogens with two attached hydrogens (primary N) is 1. The van der Waals surface area contributed by atoms with E-state index in [1.165, 1.54) is 12.8 Å². The predicted octanol–water partition coefficient (Wildman–Crippen LogP) is 1.75. The molecule has 24 heavy (non-hydrogen) atoms. The molecule has 1 aliphatic carbocycles. The molecule has 1 aromatic carbocycles. The summed E-state index contributed by atoms with van der Waals surface area (Å²) in [5.74, 6) is 0.161. The van der Waals surface area contributed by atoms with Gasteiger partial charge in [0.25, 0.3) is 0 Å². The van der Waals surface area contributed by atoms with Gasteiger partial charge in [0, 0.05) is 18.7 Å². The molecule has 2 aliphatic rings. The monoisotopic (exact) mass is 352 g/mol. The van der Waals surface area contributed by atoms with Gasteiger partial charge in [-0.05, 0) is 56.3 Å². The number of halogens is 1. The molecular formula is C17H25ClN4O2. The number of carbonyl (C=O) groups is 2.